The van der Waals surface area contributed by atoms with Crippen LogP contribution in [0.3, 0.4) is 0 Å². The maximum Gasteiger partial charge on any atom is 0.382 e. The summed E-state index contributed by atoms with van der Waals surface area (Å²) in [6.07, 6.45) is -0.326. The molecule has 60 valence electrons. The molecule has 1 N–H and O–H groups in total. The summed E-state index contributed by atoms with van der Waals surface area (Å²) in [5, 5.41) is 11.1. The Balaban J connectivity index is 2.66. The smallest absolute Gasteiger partial charge is 0.382 e. The molecule has 0 spiro atoms. The molecule has 0 radical (unpaired) electrons. The van der Waals surface area contributed by atoms with Crippen LogP contribution in [-0.4, -0.2) is 36.0 Å². The Hall–Kier alpha value is 0.0700. The zero-order valence-corrected chi connectivity index (χ0v) is 6.58. The summed E-state index contributed by atoms with van der Waals surface area (Å²) in [5.41, 5.74) is 0. The molecule has 1 saturated heterocycles. The number of hydroxylamine groups is 3. The third-order valence-electron chi connectivity index (χ3n) is 1.34. The van der Waals surface area contributed by atoms with E-state index in [4.69, 9.17) is 4.89 Å². The Bertz CT molecular complexity index is 180. The van der Waals surface area contributed by atoms with E-state index >= 15 is 0 Å². The van der Waals surface area contributed by atoms with Crippen molar-refractivity contribution in [3.8, 4) is 0 Å². The molecule has 1 aliphatic rings. The van der Waals surface area contributed by atoms with Gasteiger partial charge in [-0.2, -0.15) is 0 Å². The second-order valence-corrected chi connectivity index (χ2v) is 4.45. The lowest BCUT2D eigenvalue weighted by Gasteiger charge is -2.42. The van der Waals surface area contributed by atoms with E-state index in [1.165, 1.54) is 7.05 Å². The molecule has 0 saturated carbocycles. The first kappa shape index (κ1) is 8.17. The standard InChI is InChI=1S/C4H10NO4P/c1-5(6)2-3-9-10(7,8)4-5/h2-4H2,1H3,(H,7,8). The number of quaternary nitrogens is 1. The predicted molar refractivity (Wildman–Crippen MR) is 35.1 cm³/mol. The molecule has 1 fully saturated rings. The van der Waals surface area contributed by atoms with Crippen molar-refractivity contribution in [3.05, 3.63) is 5.21 Å². The Morgan fingerprint density at radius 3 is 2.70 bits per heavy atom. The van der Waals surface area contributed by atoms with Gasteiger partial charge in [0, 0.05) is 0 Å². The maximum absolute atomic E-state index is 11.1. The van der Waals surface area contributed by atoms with Crippen molar-refractivity contribution in [1.82, 2.24) is 0 Å². The van der Waals surface area contributed by atoms with Gasteiger partial charge in [-0.25, -0.2) is 0 Å². The third-order valence-corrected chi connectivity index (χ3v) is 2.88. The van der Waals surface area contributed by atoms with E-state index in [0.717, 1.165) is 0 Å². The summed E-state index contributed by atoms with van der Waals surface area (Å²) in [7, 11) is -2.18. The van der Waals surface area contributed by atoms with Gasteiger partial charge in [-0.05, 0) is 0 Å². The third kappa shape index (κ3) is 2.04. The van der Waals surface area contributed by atoms with Crippen LogP contribution >= 0.6 is 7.60 Å². The quantitative estimate of drug-likeness (QED) is 0.315. The van der Waals surface area contributed by atoms with Gasteiger partial charge >= 0.3 is 7.60 Å². The van der Waals surface area contributed by atoms with Crippen LogP contribution in [0.25, 0.3) is 0 Å². The average molecular weight is 167 g/mol. The number of hydrogen-bond acceptors (Lipinski definition) is 3. The summed E-state index contributed by atoms with van der Waals surface area (Å²) in [6.45, 7) is 0.332. The molecule has 2 unspecified atom stereocenters. The lowest BCUT2D eigenvalue weighted by Crippen LogP contribution is -2.44. The molecule has 1 aliphatic heterocycles. The van der Waals surface area contributed by atoms with Gasteiger partial charge in [-0.3, -0.25) is 9.09 Å². The van der Waals surface area contributed by atoms with E-state index in [9.17, 15) is 9.77 Å². The monoisotopic (exact) mass is 167 g/mol. The van der Waals surface area contributed by atoms with Crippen LogP contribution < -0.4 is 0 Å². The van der Waals surface area contributed by atoms with Crippen molar-refractivity contribution in [2.45, 2.75) is 0 Å². The topological polar surface area (TPSA) is 69.6 Å². The average Bonchev–Trinajstić information content (AvgIpc) is 1.56. The minimum atomic E-state index is -3.55. The minimum Gasteiger partial charge on any atom is -0.632 e. The summed E-state index contributed by atoms with van der Waals surface area (Å²) in [4.78, 5) is 8.83. The Kier molecular flexibility index (Phi) is 1.87. The van der Waals surface area contributed by atoms with E-state index < -0.39 is 12.2 Å². The molecule has 5 nitrogen and oxygen atoms in total. The molecule has 1 heterocycles. The lowest BCUT2D eigenvalue weighted by molar-refractivity contribution is -0.853. The molecule has 10 heavy (non-hydrogen) atoms. The van der Waals surface area contributed by atoms with Crippen LogP contribution in [0.5, 0.6) is 0 Å². The van der Waals surface area contributed by atoms with Crippen LogP contribution in [0, 0.1) is 5.21 Å². The van der Waals surface area contributed by atoms with Gasteiger partial charge in [-0.15, -0.1) is 0 Å². The van der Waals surface area contributed by atoms with E-state index in [1.54, 1.807) is 0 Å². The molecule has 0 aromatic carbocycles. The number of hydrogen-bond donors (Lipinski definition) is 1. The summed E-state index contributed by atoms with van der Waals surface area (Å²) < 4.78 is 14.6. The molecular formula is C4H10NO4P. The van der Waals surface area contributed by atoms with Crippen molar-refractivity contribution in [3.63, 3.8) is 0 Å². The molecule has 0 bridgehead atoms. The zero-order valence-electron chi connectivity index (χ0n) is 5.69. The van der Waals surface area contributed by atoms with Crippen molar-refractivity contribution < 1.29 is 18.6 Å². The second-order valence-electron chi connectivity index (χ2n) is 2.63. The zero-order chi connectivity index (χ0) is 7.83. The van der Waals surface area contributed by atoms with Gasteiger partial charge in [0.25, 0.3) is 0 Å². The molecule has 6 heteroatoms. The fourth-order valence-electron chi connectivity index (χ4n) is 0.866. The van der Waals surface area contributed by atoms with Crippen LogP contribution in [0.1, 0.15) is 0 Å². The molecule has 0 aromatic rings. The van der Waals surface area contributed by atoms with E-state index in [2.05, 4.69) is 4.52 Å². The Morgan fingerprint density at radius 1 is 1.80 bits per heavy atom. The van der Waals surface area contributed by atoms with E-state index in [-0.39, 0.29) is 19.4 Å². The summed E-state index contributed by atoms with van der Waals surface area (Å²) >= 11 is 0. The van der Waals surface area contributed by atoms with Crippen LogP contribution in [0.15, 0.2) is 0 Å². The molecule has 0 aliphatic carbocycles. The molecule has 1 rings (SSSR count). The highest BCUT2D eigenvalue weighted by molar-refractivity contribution is 7.52. The predicted octanol–water partition coefficient (Wildman–Crippen LogP) is 0.104. The number of likely N-dealkylation sites (N-methyl/N-ethyl adjacent to an activating group) is 1. The highest BCUT2D eigenvalue weighted by Crippen LogP contribution is 2.46. The van der Waals surface area contributed by atoms with Crippen LogP contribution in [0.2, 0.25) is 0 Å². The molecule has 2 atom stereocenters. The SMILES string of the molecule is C[N+]1([O-])CCOP(=O)(O)C1. The highest BCUT2D eigenvalue weighted by Gasteiger charge is 2.33. The van der Waals surface area contributed by atoms with Gasteiger partial charge in [0.2, 0.25) is 0 Å². The van der Waals surface area contributed by atoms with Crippen molar-refractivity contribution in [2.24, 2.45) is 0 Å². The lowest BCUT2D eigenvalue weighted by atomic mass is 10.6. The van der Waals surface area contributed by atoms with E-state index in [0.29, 0.717) is 0 Å². The maximum atomic E-state index is 11.1. The first-order valence-electron chi connectivity index (χ1n) is 2.93. The minimum absolute atomic E-state index is 0.0772. The summed E-state index contributed by atoms with van der Waals surface area (Å²) in [5.74, 6) is 0. The largest absolute Gasteiger partial charge is 0.632 e. The fraction of sp³-hybridized carbons (Fsp3) is 1.00. The van der Waals surface area contributed by atoms with Gasteiger partial charge < -0.3 is 14.7 Å². The Morgan fingerprint density at radius 2 is 2.40 bits per heavy atom. The van der Waals surface area contributed by atoms with Crippen molar-refractivity contribution >= 4 is 7.60 Å². The normalized spacial score (nSPS) is 49.1. The van der Waals surface area contributed by atoms with Crippen LogP contribution in [0.4, 0.5) is 0 Å². The molecule has 0 aromatic heterocycles. The Labute approximate surface area is 58.9 Å². The van der Waals surface area contributed by atoms with Gasteiger partial charge in [0.15, 0.2) is 6.29 Å². The van der Waals surface area contributed by atoms with Crippen molar-refractivity contribution in [2.75, 3.05) is 26.5 Å². The highest BCUT2D eigenvalue weighted by atomic mass is 31.2. The molecular weight excluding hydrogens is 157 g/mol. The number of rotatable bonds is 0. The number of nitrogens with zero attached hydrogens (tertiary/aromatic N) is 1. The van der Waals surface area contributed by atoms with Crippen molar-refractivity contribution in [1.29, 1.82) is 0 Å². The van der Waals surface area contributed by atoms with E-state index in [1.807, 2.05) is 0 Å². The van der Waals surface area contributed by atoms with Gasteiger partial charge in [-0.1, -0.05) is 0 Å². The first-order chi connectivity index (χ1) is 4.41. The van der Waals surface area contributed by atoms with Gasteiger partial charge in [0.05, 0.1) is 7.05 Å². The first-order valence-corrected chi connectivity index (χ1v) is 4.70. The second kappa shape index (κ2) is 2.29. The fourth-order valence-corrected chi connectivity index (χ4v) is 2.21. The molecule has 0 amide bonds. The summed E-state index contributed by atoms with van der Waals surface area (Å²) in [6, 6.07) is 0. The van der Waals surface area contributed by atoms with Gasteiger partial charge in [0.1, 0.15) is 13.2 Å². The van der Waals surface area contributed by atoms with Crippen LogP contribution in [-0.2, 0) is 9.09 Å².